The van der Waals surface area contributed by atoms with Crippen LogP contribution in [-0.2, 0) is 4.74 Å². The van der Waals surface area contributed by atoms with Crippen molar-refractivity contribution in [3.63, 3.8) is 0 Å². The lowest BCUT2D eigenvalue weighted by Crippen LogP contribution is -2.55. The van der Waals surface area contributed by atoms with Crippen LogP contribution in [0.15, 0.2) is 18.2 Å². The van der Waals surface area contributed by atoms with Crippen LogP contribution in [0.4, 0.5) is 8.78 Å². The summed E-state index contributed by atoms with van der Waals surface area (Å²) in [6, 6.07) is 2.86. The molecule has 0 unspecified atom stereocenters. The van der Waals surface area contributed by atoms with Gasteiger partial charge in [0, 0.05) is 18.2 Å². The van der Waals surface area contributed by atoms with Gasteiger partial charge in [0.1, 0.15) is 11.6 Å². The van der Waals surface area contributed by atoms with Gasteiger partial charge in [0.15, 0.2) is 0 Å². The fourth-order valence-electron chi connectivity index (χ4n) is 2.07. The van der Waals surface area contributed by atoms with Crippen molar-refractivity contribution in [1.82, 2.24) is 4.90 Å². The highest BCUT2D eigenvalue weighted by molar-refractivity contribution is 5.94. The fourth-order valence-corrected chi connectivity index (χ4v) is 2.07. The second kappa shape index (κ2) is 4.65. The number of rotatable bonds is 1. The van der Waals surface area contributed by atoms with Crippen LogP contribution in [0.1, 0.15) is 24.2 Å². The summed E-state index contributed by atoms with van der Waals surface area (Å²) in [6.07, 6.45) is 0. The third-order valence-electron chi connectivity index (χ3n) is 3.00. The maximum atomic E-state index is 13.1. The van der Waals surface area contributed by atoms with Crippen LogP contribution in [0.3, 0.4) is 0 Å². The summed E-state index contributed by atoms with van der Waals surface area (Å²) < 4.78 is 31.5. The van der Waals surface area contributed by atoms with E-state index in [2.05, 4.69) is 0 Å². The number of amides is 1. The molecule has 0 aromatic heterocycles. The van der Waals surface area contributed by atoms with Gasteiger partial charge in [-0.25, -0.2) is 8.78 Å². The van der Waals surface area contributed by atoms with E-state index in [1.807, 2.05) is 13.8 Å². The molecule has 1 saturated heterocycles. The van der Waals surface area contributed by atoms with Crippen molar-refractivity contribution in [1.29, 1.82) is 0 Å². The molecule has 0 bridgehead atoms. The Balaban J connectivity index is 2.30. The monoisotopic (exact) mass is 255 g/mol. The molecule has 0 spiro atoms. The fraction of sp³-hybridized carbons (Fsp3) is 0.462. The first-order valence-electron chi connectivity index (χ1n) is 5.76. The molecule has 3 nitrogen and oxygen atoms in total. The van der Waals surface area contributed by atoms with E-state index in [0.29, 0.717) is 19.8 Å². The molecular weight excluding hydrogens is 240 g/mol. The summed E-state index contributed by atoms with van der Waals surface area (Å²) in [4.78, 5) is 13.8. The summed E-state index contributed by atoms with van der Waals surface area (Å²) in [5.41, 5.74) is -0.444. The number of hydrogen-bond acceptors (Lipinski definition) is 2. The maximum absolute atomic E-state index is 13.1. The van der Waals surface area contributed by atoms with E-state index in [-0.39, 0.29) is 11.5 Å². The van der Waals surface area contributed by atoms with Crippen LogP contribution < -0.4 is 0 Å². The highest BCUT2D eigenvalue weighted by atomic mass is 19.1. The zero-order valence-electron chi connectivity index (χ0n) is 10.4. The zero-order valence-corrected chi connectivity index (χ0v) is 10.4. The van der Waals surface area contributed by atoms with Crippen molar-refractivity contribution in [3.8, 4) is 0 Å². The van der Waals surface area contributed by atoms with Crippen molar-refractivity contribution in [3.05, 3.63) is 35.4 Å². The Morgan fingerprint density at radius 1 is 1.28 bits per heavy atom. The number of carbonyl (C=O) groups is 1. The second-order valence-corrected chi connectivity index (χ2v) is 4.98. The predicted octanol–water partition coefficient (Wildman–Crippen LogP) is 2.22. The summed E-state index contributed by atoms with van der Waals surface area (Å²) in [5, 5.41) is 0. The normalized spacial score (nSPS) is 18.8. The van der Waals surface area contributed by atoms with Crippen molar-refractivity contribution in [2.24, 2.45) is 0 Å². The Bertz CT molecular complexity index is 454. The number of benzene rings is 1. The van der Waals surface area contributed by atoms with E-state index < -0.39 is 17.2 Å². The molecule has 1 amide bonds. The van der Waals surface area contributed by atoms with Gasteiger partial charge >= 0.3 is 0 Å². The molecule has 0 N–H and O–H groups in total. The Morgan fingerprint density at radius 2 is 1.89 bits per heavy atom. The lowest BCUT2D eigenvalue weighted by Gasteiger charge is -2.42. The molecule has 0 saturated carbocycles. The van der Waals surface area contributed by atoms with Gasteiger partial charge in [0.05, 0.1) is 18.8 Å². The number of nitrogens with zero attached hydrogens (tertiary/aromatic N) is 1. The molecule has 1 fully saturated rings. The van der Waals surface area contributed by atoms with E-state index in [1.54, 1.807) is 4.90 Å². The van der Waals surface area contributed by atoms with E-state index in [0.717, 1.165) is 18.2 Å². The molecule has 1 aromatic rings. The highest BCUT2D eigenvalue weighted by Crippen LogP contribution is 2.22. The van der Waals surface area contributed by atoms with E-state index >= 15 is 0 Å². The molecule has 18 heavy (non-hydrogen) atoms. The van der Waals surface area contributed by atoms with Crippen molar-refractivity contribution < 1.29 is 18.3 Å². The number of carbonyl (C=O) groups excluding carboxylic acids is 1. The molecule has 0 aliphatic carbocycles. The van der Waals surface area contributed by atoms with Crippen LogP contribution in [0.25, 0.3) is 0 Å². The Labute approximate surface area is 104 Å². The first-order chi connectivity index (χ1) is 8.40. The van der Waals surface area contributed by atoms with Crippen LogP contribution in [0.5, 0.6) is 0 Å². The molecule has 1 heterocycles. The second-order valence-electron chi connectivity index (χ2n) is 4.98. The van der Waals surface area contributed by atoms with Gasteiger partial charge in [-0.1, -0.05) is 0 Å². The van der Waals surface area contributed by atoms with E-state index in [1.165, 1.54) is 0 Å². The standard InChI is InChI=1S/C13H15F2NO2/c1-13(2)8-18-4-3-16(13)12(17)9-5-10(14)7-11(15)6-9/h5-7H,3-4,8H2,1-2H3. The largest absolute Gasteiger partial charge is 0.377 e. The average molecular weight is 255 g/mol. The third kappa shape index (κ3) is 2.51. The van der Waals surface area contributed by atoms with Crippen LogP contribution >= 0.6 is 0 Å². The SMILES string of the molecule is CC1(C)COCCN1C(=O)c1cc(F)cc(F)c1. The van der Waals surface area contributed by atoms with Crippen molar-refractivity contribution in [2.45, 2.75) is 19.4 Å². The zero-order chi connectivity index (χ0) is 13.3. The summed E-state index contributed by atoms with van der Waals surface area (Å²) in [7, 11) is 0. The third-order valence-corrected chi connectivity index (χ3v) is 3.00. The predicted molar refractivity (Wildman–Crippen MR) is 62.3 cm³/mol. The molecule has 5 heteroatoms. The molecule has 1 aromatic carbocycles. The quantitative estimate of drug-likeness (QED) is 0.770. The lowest BCUT2D eigenvalue weighted by molar-refractivity contribution is -0.0371. The molecule has 2 rings (SSSR count). The highest BCUT2D eigenvalue weighted by Gasteiger charge is 2.34. The van der Waals surface area contributed by atoms with Gasteiger partial charge in [-0.3, -0.25) is 4.79 Å². The molecule has 0 radical (unpaired) electrons. The van der Waals surface area contributed by atoms with Gasteiger partial charge in [-0.15, -0.1) is 0 Å². The van der Waals surface area contributed by atoms with Gasteiger partial charge in [0.2, 0.25) is 0 Å². The smallest absolute Gasteiger partial charge is 0.254 e. The Morgan fingerprint density at radius 3 is 2.44 bits per heavy atom. The molecule has 1 aliphatic rings. The van der Waals surface area contributed by atoms with Crippen molar-refractivity contribution >= 4 is 5.91 Å². The number of ether oxygens (including phenoxy) is 1. The molecule has 1 aliphatic heterocycles. The molecule has 0 atom stereocenters. The van der Waals surface area contributed by atoms with Gasteiger partial charge in [-0.2, -0.15) is 0 Å². The first-order valence-corrected chi connectivity index (χ1v) is 5.76. The minimum absolute atomic E-state index is 0.0301. The Hall–Kier alpha value is -1.49. The summed E-state index contributed by atoms with van der Waals surface area (Å²) in [5.74, 6) is -1.87. The van der Waals surface area contributed by atoms with E-state index in [4.69, 9.17) is 4.74 Å². The number of morpholine rings is 1. The maximum Gasteiger partial charge on any atom is 0.254 e. The van der Waals surface area contributed by atoms with Crippen molar-refractivity contribution in [2.75, 3.05) is 19.8 Å². The number of hydrogen-bond donors (Lipinski definition) is 0. The minimum Gasteiger partial charge on any atom is -0.377 e. The molecular formula is C13H15F2NO2. The van der Waals surface area contributed by atoms with Crippen LogP contribution in [-0.4, -0.2) is 36.1 Å². The Kier molecular flexibility index (Phi) is 3.34. The minimum atomic E-state index is -0.746. The average Bonchev–Trinajstić information content (AvgIpc) is 2.26. The summed E-state index contributed by atoms with van der Waals surface area (Å²) in [6.45, 7) is 4.99. The molecule has 98 valence electrons. The first kappa shape index (κ1) is 13.0. The van der Waals surface area contributed by atoms with Crippen LogP contribution in [0.2, 0.25) is 0 Å². The van der Waals surface area contributed by atoms with Gasteiger partial charge < -0.3 is 9.64 Å². The van der Waals surface area contributed by atoms with Gasteiger partial charge in [-0.05, 0) is 26.0 Å². The van der Waals surface area contributed by atoms with Crippen LogP contribution in [0, 0.1) is 11.6 Å². The number of halogens is 2. The summed E-state index contributed by atoms with van der Waals surface area (Å²) >= 11 is 0. The van der Waals surface area contributed by atoms with Gasteiger partial charge in [0.25, 0.3) is 5.91 Å². The lowest BCUT2D eigenvalue weighted by atomic mass is 10.0. The van der Waals surface area contributed by atoms with E-state index in [9.17, 15) is 13.6 Å². The topological polar surface area (TPSA) is 29.5 Å².